The zero-order chi connectivity index (χ0) is 10.7. The van der Waals surface area contributed by atoms with E-state index in [0.717, 1.165) is 32.2 Å². The lowest BCUT2D eigenvalue weighted by Gasteiger charge is -2.29. The van der Waals surface area contributed by atoms with Crippen molar-refractivity contribution in [2.45, 2.75) is 31.7 Å². The number of nitrogens with zero attached hydrogens (tertiary/aromatic N) is 1. The molecule has 86 valence electrons. The van der Waals surface area contributed by atoms with Gasteiger partial charge in [-0.25, -0.2) is 0 Å². The molecule has 0 bridgehead atoms. The smallest absolute Gasteiger partial charge is 0.226 e. The summed E-state index contributed by atoms with van der Waals surface area (Å²) in [5, 5.41) is 9.17. The van der Waals surface area contributed by atoms with E-state index in [-0.39, 0.29) is 24.5 Å². The second-order valence-corrected chi connectivity index (χ2v) is 4.40. The van der Waals surface area contributed by atoms with Gasteiger partial charge in [0.05, 0.1) is 12.6 Å². The highest BCUT2D eigenvalue weighted by Gasteiger charge is 2.33. The van der Waals surface area contributed by atoms with E-state index in [1.807, 2.05) is 4.90 Å². The van der Waals surface area contributed by atoms with Crippen molar-refractivity contribution in [3.8, 4) is 0 Å². The first-order valence-corrected chi connectivity index (χ1v) is 5.82. The summed E-state index contributed by atoms with van der Waals surface area (Å²) in [5.74, 6) is 0.362. The highest BCUT2D eigenvalue weighted by atomic mass is 16.5. The Hall–Kier alpha value is -0.610. The van der Waals surface area contributed by atoms with E-state index in [1.165, 1.54) is 0 Å². The Kier molecular flexibility index (Phi) is 3.59. The Balaban J connectivity index is 1.93. The number of aliphatic hydroxyl groups is 1. The van der Waals surface area contributed by atoms with Crippen LogP contribution in [0.25, 0.3) is 0 Å². The number of rotatable bonds is 2. The molecule has 1 unspecified atom stereocenters. The molecule has 4 heteroatoms. The molecule has 0 saturated carbocycles. The van der Waals surface area contributed by atoms with Gasteiger partial charge in [-0.1, -0.05) is 0 Å². The normalized spacial score (nSPS) is 28.3. The fraction of sp³-hybridized carbons (Fsp3) is 0.909. The predicted octanol–water partition coefficient (Wildman–Crippen LogP) is 0.396. The molecule has 2 aliphatic heterocycles. The summed E-state index contributed by atoms with van der Waals surface area (Å²) in [6, 6.07) is 0.0698. The summed E-state index contributed by atoms with van der Waals surface area (Å²) >= 11 is 0. The second kappa shape index (κ2) is 4.94. The Morgan fingerprint density at radius 2 is 2.07 bits per heavy atom. The van der Waals surface area contributed by atoms with Gasteiger partial charge in [0.15, 0.2) is 0 Å². The molecule has 0 spiro atoms. The summed E-state index contributed by atoms with van der Waals surface area (Å²) < 4.78 is 5.25. The summed E-state index contributed by atoms with van der Waals surface area (Å²) in [7, 11) is 0. The van der Waals surface area contributed by atoms with Gasteiger partial charge in [0.1, 0.15) is 0 Å². The SMILES string of the molecule is O=C(C1CCOCC1)N1CCCC1CO. The van der Waals surface area contributed by atoms with E-state index in [4.69, 9.17) is 9.84 Å². The number of carbonyl (C=O) groups excluding carboxylic acids is 1. The topological polar surface area (TPSA) is 49.8 Å². The minimum Gasteiger partial charge on any atom is -0.394 e. The van der Waals surface area contributed by atoms with Gasteiger partial charge in [-0.05, 0) is 25.7 Å². The fourth-order valence-electron chi connectivity index (χ4n) is 2.49. The molecule has 0 radical (unpaired) electrons. The largest absolute Gasteiger partial charge is 0.394 e. The van der Waals surface area contributed by atoms with Crippen molar-refractivity contribution in [3.05, 3.63) is 0 Å². The van der Waals surface area contributed by atoms with Gasteiger partial charge in [0.25, 0.3) is 0 Å². The van der Waals surface area contributed by atoms with E-state index in [9.17, 15) is 4.79 Å². The number of carbonyl (C=O) groups is 1. The van der Waals surface area contributed by atoms with Crippen molar-refractivity contribution < 1.29 is 14.6 Å². The van der Waals surface area contributed by atoms with Crippen LogP contribution in [0.1, 0.15) is 25.7 Å². The Morgan fingerprint density at radius 3 is 2.73 bits per heavy atom. The minimum atomic E-state index is 0.0698. The number of amides is 1. The van der Waals surface area contributed by atoms with Crippen LogP contribution in [0.2, 0.25) is 0 Å². The number of ether oxygens (including phenoxy) is 1. The molecule has 2 heterocycles. The van der Waals surface area contributed by atoms with Crippen molar-refractivity contribution in [1.82, 2.24) is 4.90 Å². The predicted molar refractivity (Wildman–Crippen MR) is 55.4 cm³/mol. The highest BCUT2D eigenvalue weighted by Crippen LogP contribution is 2.23. The zero-order valence-corrected chi connectivity index (χ0v) is 9.02. The first-order valence-electron chi connectivity index (χ1n) is 5.82. The first-order chi connectivity index (χ1) is 7.33. The van der Waals surface area contributed by atoms with Crippen molar-refractivity contribution in [3.63, 3.8) is 0 Å². The lowest BCUT2D eigenvalue weighted by atomic mass is 9.98. The van der Waals surface area contributed by atoms with Gasteiger partial charge in [-0.3, -0.25) is 4.79 Å². The molecule has 1 N–H and O–H groups in total. The minimum absolute atomic E-state index is 0.0698. The lowest BCUT2D eigenvalue weighted by molar-refractivity contribution is -0.140. The van der Waals surface area contributed by atoms with Crippen molar-refractivity contribution in [2.75, 3.05) is 26.4 Å². The Bertz CT molecular complexity index is 226. The van der Waals surface area contributed by atoms with Crippen molar-refractivity contribution in [1.29, 1.82) is 0 Å². The standard InChI is InChI=1S/C11H19NO3/c13-8-10-2-1-5-12(10)11(14)9-3-6-15-7-4-9/h9-10,13H,1-8H2. The third-order valence-corrected chi connectivity index (χ3v) is 3.44. The van der Waals surface area contributed by atoms with Gasteiger partial charge in [0, 0.05) is 25.7 Å². The van der Waals surface area contributed by atoms with Gasteiger partial charge in [0.2, 0.25) is 5.91 Å². The monoisotopic (exact) mass is 213 g/mol. The van der Waals surface area contributed by atoms with Crippen LogP contribution in [0.3, 0.4) is 0 Å². The van der Waals surface area contributed by atoms with Crippen LogP contribution in [0.5, 0.6) is 0 Å². The Labute approximate surface area is 90.2 Å². The summed E-state index contributed by atoms with van der Waals surface area (Å²) in [5.41, 5.74) is 0. The van der Waals surface area contributed by atoms with Gasteiger partial charge >= 0.3 is 0 Å². The number of hydrogen-bond acceptors (Lipinski definition) is 3. The average Bonchev–Trinajstić information content (AvgIpc) is 2.77. The zero-order valence-electron chi connectivity index (χ0n) is 9.02. The molecular formula is C11H19NO3. The van der Waals surface area contributed by atoms with E-state index in [1.54, 1.807) is 0 Å². The molecule has 1 amide bonds. The molecule has 2 saturated heterocycles. The molecule has 0 aromatic carbocycles. The first kappa shape index (κ1) is 10.9. The number of likely N-dealkylation sites (tertiary alicyclic amines) is 1. The molecule has 15 heavy (non-hydrogen) atoms. The lowest BCUT2D eigenvalue weighted by Crippen LogP contribution is -2.42. The number of hydrogen-bond donors (Lipinski definition) is 1. The summed E-state index contributed by atoms with van der Waals surface area (Å²) in [6.45, 7) is 2.33. The maximum absolute atomic E-state index is 12.1. The molecule has 1 atom stereocenters. The van der Waals surface area contributed by atoms with Crippen LogP contribution in [0.15, 0.2) is 0 Å². The van der Waals surface area contributed by atoms with Gasteiger partial charge in [-0.2, -0.15) is 0 Å². The van der Waals surface area contributed by atoms with Crippen LogP contribution in [-0.4, -0.2) is 48.3 Å². The van der Waals surface area contributed by atoms with E-state index < -0.39 is 0 Å². The summed E-state index contributed by atoms with van der Waals surface area (Å²) in [4.78, 5) is 14.0. The maximum Gasteiger partial charge on any atom is 0.226 e. The molecule has 2 fully saturated rings. The third kappa shape index (κ3) is 2.32. The quantitative estimate of drug-likeness (QED) is 0.722. The maximum atomic E-state index is 12.1. The van der Waals surface area contributed by atoms with E-state index in [0.29, 0.717) is 13.2 Å². The van der Waals surface area contributed by atoms with E-state index >= 15 is 0 Å². The molecule has 0 aromatic rings. The summed E-state index contributed by atoms with van der Waals surface area (Å²) in [6.07, 6.45) is 3.66. The molecule has 2 rings (SSSR count). The van der Waals surface area contributed by atoms with Crippen molar-refractivity contribution >= 4 is 5.91 Å². The molecule has 0 aliphatic carbocycles. The molecular weight excluding hydrogens is 194 g/mol. The van der Waals surface area contributed by atoms with Crippen LogP contribution in [-0.2, 0) is 9.53 Å². The number of aliphatic hydroxyl groups excluding tert-OH is 1. The van der Waals surface area contributed by atoms with Crippen LogP contribution >= 0.6 is 0 Å². The molecule has 2 aliphatic rings. The van der Waals surface area contributed by atoms with Crippen LogP contribution < -0.4 is 0 Å². The van der Waals surface area contributed by atoms with Crippen LogP contribution in [0, 0.1) is 5.92 Å². The van der Waals surface area contributed by atoms with Gasteiger partial charge < -0.3 is 14.7 Å². The van der Waals surface area contributed by atoms with E-state index in [2.05, 4.69) is 0 Å². The van der Waals surface area contributed by atoms with Crippen LogP contribution in [0.4, 0.5) is 0 Å². The van der Waals surface area contributed by atoms with Crippen molar-refractivity contribution in [2.24, 2.45) is 5.92 Å². The highest BCUT2D eigenvalue weighted by molar-refractivity contribution is 5.79. The average molecular weight is 213 g/mol. The fourth-order valence-corrected chi connectivity index (χ4v) is 2.49. The Morgan fingerprint density at radius 1 is 1.33 bits per heavy atom. The van der Waals surface area contributed by atoms with Gasteiger partial charge in [-0.15, -0.1) is 0 Å². The molecule has 0 aromatic heterocycles. The molecule has 4 nitrogen and oxygen atoms in total. The third-order valence-electron chi connectivity index (χ3n) is 3.44. The second-order valence-electron chi connectivity index (χ2n) is 4.40.